The van der Waals surface area contributed by atoms with Crippen molar-refractivity contribution in [2.24, 2.45) is 23.2 Å². The van der Waals surface area contributed by atoms with Crippen LogP contribution in [0.4, 0.5) is 28.4 Å². The molecule has 0 radical (unpaired) electrons. The zero-order chi connectivity index (χ0) is 85.5. The van der Waals surface area contributed by atoms with Crippen LogP contribution in [0.15, 0.2) is 253 Å². The topological polar surface area (TPSA) is 16.3 Å². The van der Waals surface area contributed by atoms with Crippen molar-refractivity contribution in [3.8, 4) is 33.6 Å². The molecule has 10 aromatic carbocycles. The van der Waals surface area contributed by atoms with E-state index in [4.69, 9.17) is 5.48 Å². The largest absolute Gasteiger partial charge is 0.334 e. The highest BCUT2D eigenvalue weighted by atomic mass is 15.2. The molecule has 470 valence electrons. The highest BCUT2D eigenvalue weighted by Crippen LogP contribution is 2.56. The van der Waals surface area contributed by atoms with Gasteiger partial charge in [-0.1, -0.05) is 237 Å². The summed E-state index contributed by atoms with van der Waals surface area (Å²) in [5.41, 5.74) is -0.0496. The van der Waals surface area contributed by atoms with Gasteiger partial charge in [-0.3, -0.25) is 0 Å². The highest BCUT2D eigenvalue weighted by molar-refractivity contribution is 7.00. The van der Waals surface area contributed by atoms with E-state index in [0.717, 1.165) is 45.1 Å². The zero-order valence-electron chi connectivity index (χ0n) is 79.1. The molecule has 4 atom stereocenters. The molecule has 0 fully saturated rings. The summed E-state index contributed by atoms with van der Waals surface area (Å²) in [5.74, 6) is -0.790. The summed E-state index contributed by atoms with van der Waals surface area (Å²) >= 11 is 0. The summed E-state index contributed by atoms with van der Waals surface area (Å²) in [4.78, 5) is 3.71. The Kier molecular flexibility index (Phi) is 9.29. The van der Waals surface area contributed by atoms with Crippen molar-refractivity contribution in [2.45, 2.75) is 131 Å². The van der Waals surface area contributed by atoms with Crippen LogP contribution in [-0.4, -0.2) is 21.9 Å². The van der Waals surface area contributed by atoms with Crippen molar-refractivity contribution in [3.63, 3.8) is 0 Å². The molecule has 5 aliphatic rings. The summed E-state index contributed by atoms with van der Waals surface area (Å²) in [5, 5.41) is -1.45. The van der Waals surface area contributed by atoms with Crippen molar-refractivity contribution >= 4 is 95.1 Å². The third-order valence-electron chi connectivity index (χ3n) is 20.6. The Bertz CT molecular complexity index is 6390. The van der Waals surface area contributed by atoms with E-state index in [1.165, 1.54) is 0 Å². The van der Waals surface area contributed by atoms with Gasteiger partial charge in [0, 0.05) is 72.7 Å². The highest BCUT2D eigenvalue weighted by Gasteiger charge is 2.51. The van der Waals surface area contributed by atoms with Gasteiger partial charge in [-0.05, 0) is 196 Å². The maximum absolute atomic E-state index is 11.8. The van der Waals surface area contributed by atoms with E-state index in [9.17, 15) is 27.4 Å². The minimum absolute atomic E-state index is 0.00782. The molecular weight excluding hydrogens is 1150 g/mol. The molecule has 4 nitrogen and oxygen atoms in total. The molecule has 17 rings (SSSR count). The molecule has 4 unspecified atom stereocenters. The zero-order valence-corrected chi connectivity index (χ0v) is 55.1. The standard InChI is InChI=1S/C90H87BN4/c1-88(2,3)62-50-71(58-30-14-10-15-31-58)86(72(51-62)59-32-16-11-17-33-59)94-81-56-65(92-77-42-26-22-38-67(77)68-39-23-27-43-78(68)92)46-48-75(81)91-76-49-47-66(93-79-44-28-24-40-69(79)70-41-25-29-45-80(70)93)57-82(76)95(84-55-64(90(7,8)9)54-83(94)85(84)91)87-73(60-34-18-12-19-35-60)52-63(89(4,5)6)53-74(87)61-36-20-13-21-37-61/h10-12,14-18,22-33,36,38-52,54-57,60,63,74,87H,13,19-21,34-35,37,53H2,1-9H3/i22D,23D,24D,25D,26D,27D,28D,29D,38D,39D,40D,41D,42D,43D,44D,45D,46D,47D,48D,49D,54D,55D,56D,57D. The number of fused-ring (bicyclic) bond motifs is 10. The fraction of sp³-hybridized carbons (Fsp3) is 0.267. The van der Waals surface area contributed by atoms with E-state index in [0.29, 0.717) is 60.0 Å². The number of rotatable bonds is 8. The van der Waals surface area contributed by atoms with Gasteiger partial charge in [-0.25, -0.2) is 0 Å². The molecule has 2 aromatic heterocycles. The minimum Gasteiger partial charge on any atom is -0.334 e. The Labute approximate surface area is 596 Å². The second-order valence-corrected chi connectivity index (χ2v) is 29.5. The van der Waals surface area contributed by atoms with Crippen LogP contribution in [0.3, 0.4) is 0 Å². The molecule has 2 aliphatic heterocycles. The number of hydrogen-bond acceptors (Lipinski definition) is 2. The van der Waals surface area contributed by atoms with E-state index in [-0.39, 0.29) is 95.6 Å². The van der Waals surface area contributed by atoms with Crippen LogP contribution < -0.4 is 26.2 Å². The Morgan fingerprint density at radius 1 is 0.505 bits per heavy atom. The van der Waals surface area contributed by atoms with Crippen molar-refractivity contribution < 1.29 is 32.9 Å². The van der Waals surface area contributed by atoms with E-state index < -0.39 is 196 Å². The lowest BCUT2D eigenvalue weighted by Gasteiger charge is -2.53. The van der Waals surface area contributed by atoms with Crippen molar-refractivity contribution in [3.05, 3.63) is 264 Å². The molecule has 0 N–H and O–H groups in total. The first-order valence-corrected chi connectivity index (χ1v) is 33.5. The molecule has 0 spiro atoms. The summed E-state index contributed by atoms with van der Waals surface area (Å²) < 4.78 is 246. The lowest BCUT2D eigenvalue weighted by molar-refractivity contribution is 0.220. The van der Waals surface area contributed by atoms with Gasteiger partial charge in [0.25, 0.3) is 6.71 Å². The molecule has 3 aliphatic carbocycles. The Balaban J connectivity index is 1.17. The van der Waals surface area contributed by atoms with Crippen LogP contribution in [0.5, 0.6) is 0 Å². The number of aromatic nitrogens is 2. The van der Waals surface area contributed by atoms with E-state index in [1.807, 2.05) is 98.5 Å². The van der Waals surface area contributed by atoms with Crippen LogP contribution in [-0.2, 0) is 10.8 Å². The maximum Gasteiger partial charge on any atom is 0.252 e. The lowest BCUT2D eigenvalue weighted by atomic mass is 9.33. The first-order chi connectivity index (χ1) is 56.1. The second kappa shape index (κ2) is 22.7. The Morgan fingerprint density at radius 3 is 1.52 bits per heavy atom. The summed E-state index contributed by atoms with van der Waals surface area (Å²) in [6, 6.07) is 5.50. The lowest BCUT2D eigenvalue weighted by Crippen LogP contribution is -2.64. The third kappa shape index (κ3) is 9.83. The molecule has 5 heteroatoms. The number of anilines is 5. The SMILES string of the molecule is [2H]c1c([2H])c(-n2c3c([2H])c([2H])c([2H])c([2H])c3c3c([2H])c([2H])c([2H])c([2H])c32)c([2H])c2c1B1c3c([2H])c([2H])c(-n4c5c([2H])c([2H])c([2H])c([2H])c5c5c([2H])c([2H])c([2H])c([2H])c54)c([2H])c3N(C3C(C4CC=CCC4)=CC(C(C)(C)C)CC3C3=CCCCC3)c3c([2H])c(C(C)(C)C)c([2H])c(c31)N2c1c(-c2ccccc2)cc(C(C)(C)C)cc1-c1ccccc1. The van der Waals surface area contributed by atoms with E-state index in [1.54, 1.807) is 4.90 Å². The normalized spacial score (nSPS) is 22.4. The number of benzene rings is 10. The molecule has 4 heterocycles. The maximum atomic E-state index is 11.8. The monoisotopic (exact) mass is 1260 g/mol. The molecule has 0 amide bonds. The first-order valence-electron chi connectivity index (χ1n) is 45.5. The van der Waals surface area contributed by atoms with Gasteiger partial charge >= 0.3 is 0 Å². The van der Waals surface area contributed by atoms with Crippen molar-refractivity contribution in [1.29, 1.82) is 0 Å². The second-order valence-electron chi connectivity index (χ2n) is 29.5. The minimum atomic E-state index is -1.79. The number of para-hydroxylation sites is 4. The smallest absolute Gasteiger partial charge is 0.252 e. The van der Waals surface area contributed by atoms with Gasteiger partial charge in [-0.2, -0.15) is 0 Å². The fourth-order valence-electron chi connectivity index (χ4n) is 15.8. The van der Waals surface area contributed by atoms with Gasteiger partial charge < -0.3 is 18.9 Å². The van der Waals surface area contributed by atoms with Crippen LogP contribution in [0.1, 0.15) is 158 Å². The van der Waals surface area contributed by atoms with Crippen LogP contribution in [0, 0.1) is 23.2 Å². The number of nitrogens with zero attached hydrogens (tertiary/aromatic N) is 4. The fourth-order valence-corrected chi connectivity index (χ4v) is 15.8. The van der Waals surface area contributed by atoms with Crippen molar-refractivity contribution in [1.82, 2.24) is 9.13 Å². The van der Waals surface area contributed by atoms with E-state index >= 15 is 0 Å². The quantitative estimate of drug-likeness (QED) is 0.111. The average Bonchev–Trinajstić information content (AvgIpc) is 1.68. The molecule has 95 heavy (non-hydrogen) atoms. The average molecular weight is 1260 g/mol. The molecule has 0 bridgehead atoms. The van der Waals surface area contributed by atoms with Gasteiger partial charge in [0.1, 0.15) is 0 Å². The van der Waals surface area contributed by atoms with Crippen LogP contribution in [0.25, 0.3) is 77.2 Å². The van der Waals surface area contributed by atoms with Gasteiger partial charge in [0.15, 0.2) is 0 Å². The van der Waals surface area contributed by atoms with Crippen LogP contribution in [0.2, 0.25) is 0 Å². The molecule has 12 aromatic rings. The van der Waals surface area contributed by atoms with Crippen molar-refractivity contribution in [2.75, 3.05) is 9.80 Å². The Morgan fingerprint density at radius 2 is 1.02 bits per heavy atom. The summed E-state index contributed by atoms with van der Waals surface area (Å²) in [6.07, 6.45) is 14.5. The van der Waals surface area contributed by atoms with Crippen LogP contribution >= 0.6 is 0 Å². The van der Waals surface area contributed by atoms with E-state index in [2.05, 4.69) is 65.8 Å². The Hall–Kier alpha value is -9.32. The van der Waals surface area contributed by atoms with Gasteiger partial charge in [-0.15, -0.1) is 0 Å². The van der Waals surface area contributed by atoms with Gasteiger partial charge in [0.2, 0.25) is 0 Å². The summed E-state index contributed by atoms with van der Waals surface area (Å²) in [7, 11) is 0. The third-order valence-corrected chi connectivity index (χ3v) is 20.6. The summed E-state index contributed by atoms with van der Waals surface area (Å²) in [6.45, 7) is 16.7. The number of hydrogen-bond donors (Lipinski definition) is 0. The molecular formula is C90H87BN4. The predicted molar refractivity (Wildman–Crippen MR) is 407 cm³/mol. The van der Waals surface area contributed by atoms with Gasteiger partial charge in [0.05, 0.1) is 66.7 Å². The predicted octanol–water partition coefficient (Wildman–Crippen LogP) is 22.4. The first kappa shape index (κ1) is 38.9. The molecule has 0 saturated heterocycles. The number of allylic oxidation sites excluding steroid dienone is 4. The molecule has 0 saturated carbocycles.